The molecule has 1 aliphatic heterocycles. The Morgan fingerprint density at radius 2 is 2.21 bits per heavy atom. The Bertz CT molecular complexity index is 989. The Hall–Kier alpha value is -1.56. The number of benzene rings is 1. The summed E-state index contributed by atoms with van der Waals surface area (Å²) in [7, 11) is 0. The van der Waals surface area contributed by atoms with Gasteiger partial charge >= 0.3 is 0 Å². The first-order valence-corrected chi connectivity index (χ1v) is 11.9. The third-order valence-electron chi connectivity index (χ3n) is 4.69. The molecule has 0 radical (unpaired) electrons. The molecular formula is C20H22BrN3O2S2. The van der Waals surface area contributed by atoms with Gasteiger partial charge in [0.1, 0.15) is 0 Å². The zero-order chi connectivity index (χ0) is 20.1. The molecule has 0 saturated carbocycles. The van der Waals surface area contributed by atoms with E-state index < -0.39 is 0 Å². The van der Waals surface area contributed by atoms with Gasteiger partial charge in [0.25, 0.3) is 5.91 Å². The van der Waals surface area contributed by atoms with Crippen molar-refractivity contribution in [3.63, 3.8) is 0 Å². The first kappa shape index (κ1) is 21.2. The van der Waals surface area contributed by atoms with Crippen LogP contribution in [0.25, 0.3) is 10.2 Å². The van der Waals surface area contributed by atoms with Gasteiger partial charge < -0.3 is 9.47 Å². The number of thiazole rings is 1. The molecule has 0 bridgehead atoms. The minimum Gasteiger partial charge on any atom is -0.339 e. The Balaban J connectivity index is 1.66. The van der Waals surface area contributed by atoms with Crippen molar-refractivity contribution in [2.75, 3.05) is 18.1 Å². The molecule has 1 unspecified atom stereocenters. The maximum absolute atomic E-state index is 12.4. The summed E-state index contributed by atoms with van der Waals surface area (Å²) < 4.78 is 3.85. The van der Waals surface area contributed by atoms with Gasteiger partial charge in [-0.2, -0.15) is 4.99 Å². The van der Waals surface area contributed by atoms with Crippen LogP contribution in [-0.2, 0) is 16.1 Å². The maximum atomic E-state index is 12.4. The second-order valence-electron chi connectivity index (χ2n) is 6.72. The number of thioether (sulfide) groups is 1. The van der Waals surface area contributed by atoms with E-state index in [0.29, 0.717) is 23.1 Å². The van der Waals surface area contributed by atoms with E-state index in [0.717, 1.165) is 34.1 Å². The number of hydrogen-bond acceptors (Lipinski definition) is 4. The lowest BCUT2D eigenvalue weighted by molar-refractivity contribution is -0.131. The molecule has 1 saturated heterocycles. The fourth-order valence-corrected chi connectivity index (χ4v) is 5.57. The molecule has 2 amide bonds. The quantitative estimate of drug-likeness (QED) is 0.614. The van der Waals surface area contributed by atoms with Crippen LogP contribution in [-0.4, -0.2) is 45.4 Å². The average Bonchev–Trinajstić information content (AvgIpc) is 2.98. The van der Waals surface area contributed by atoms with E-state index in [-0.39, 0.29) is 17.6 Å². The first-order chi connectivity index (χ1) is 13.5. The van der Waals surface area contributed by atoms with Crippen LogP contribution in [0.4, 0.5) is 0 Å². The number of nitrogens with zero attached hydrogens (tertiary/aromatic N) is 3. The van der Waals surface area contributed by atoms with Gasteiger partial charge in [0.15, 0.2) is 4.80 Å². The number of likely N-dealkylation sites (tertiary alicyclic amines) is 1. The Morgan fingerprint density at radius 3 is 2.96 bits per heavy atom. The molecule has 1 fully saturated rings. The van der Waals surface area contributed by atoms with Crippen molar-refractivity contribution in [3.05, 3.63) is 27.5 Å². The molecule has 0 aliphatic carbocycles. The van der Waals surface area contributed by atoms with E-state index in [2.05, 4.69) is 33.8 Å². The standard InChI is InChI=1S/C20H22BrN3O2S2/c1-3-9-24-16-8-7-15(21)11-17(16)28-20(24)22-18(25)12-27-13-19(26)23-10-5-4-6-14(23)2/h1,7-8,11,14H,4-6,9-10,12-13H2,2H3. The normalized spacial score (nSPS) is 17.7. The molecular weight excluding hydrogens is 458 g/mol. The predicted octanol–water partition coefficient (Wildman–Crippen LogP) is 3.66. The summed E-state index contributed by atoms with van der Waals surface area (Å²) in [5.74, 6) is 2.98. The van der Waals surface area contributed by atoms with Gasteiger partial charge in [-0.3, -0.25) is 9.59 Å². The molecule has 1 aliphatic rings. The van der Waals surface area contributed by atoms with Gasteiger partial charge in [-0.15, -0.1) is 18.2 Å². The summed E-state index contributed by atoms with van der Waals surface area (Å²) in [6.45, 7) is 3.26. The zero-order valence-electron chi connectivity index (χ0n) is 15.7. The SMILES string of the molecule is C#CCn1c(=NC(=O)CSCC(=O)N2CCCCC2C)sc2cc(Br)ccc21. The second kappa shape index (κ2) is 9.77. The summed E-state index contributed by atoms with van der Waals surface area (Å²) in [4.78, 5) is 31.5. The number of amides is 2. The molecule has 0 spiro atoms. The van der Waals surface area contributed by atoms with Crippen LogP contribution in [0.5, 0.6) is 0 Å². The van der Waals surface area contributed by atoms with Crippen molar-refractivity contribution in [2.24, 2.45) is 4.99 Å². The smallest absolute Gasteiger partial charge is 0.258 e. The Kier molecular flexibility index (Phi) is 7.38. The van der Waals surface area contributed by atoms with Crippen LogP contribution >= 0.6 is 39.0 Å². The minimum atomic E-state index is -0.249. The fourth-order valence-electron chi connectivity index (χ4n) is 3.29. The van der Waals surface area contributed by atoms with Crippen molar-refractivity contribution >= 4 is 61.1 Å². The summed E-state index contributed by atoms with van der Waals surface area (Å²) in [5, 5.41) is 0. The summed E-state index contributed by atoms with van der Waals surface area (Å²) in [6, 6.07) is 6.19. The van der Waals surface area contributed by atoms with E-state index in [9.17, 15) is 9.59 Å². The van der Waals surface area contributed by atoms with Crippen LogP contribution < -0.4 is 4.80 Å². The lowest BCUT2D eigenvalue weighted by Crippen LogP contribution is -2.43. The lowest BCUT2D eigenvalue weighted by atomic mass is 10.0. The monoisotopic (exact) mass is 479 g/mol. The maximum Gasteiger partial charge on any atom is 0.258 e. The van der Waals surface area contributed by atoms with E-state index in [1.165, 1.54) is 29.5 Å². The highest BCUT2D eigenvalue weighted by Gasteiger charge is 2.22. The number of terminal acetylenes is 1. The van der Waals surface area contributed by atoms with Crippen molar-refractivity contribution in [1.29, 1.82) is 0 Å². The Labute approximate surface area is 181 Å². The van der Waals surface area contributed by atoms with Gasteiger partial charge in [-0.05, 0) is 44.4 Å². The highest BCUT2D eigenvalue weighted by atomic mass is 79.9. The van der Waals surface area contributed by atoms with E-state index in [1.807, 2.05) is 27.7 Å². The summed E-state index contributed by atoms with van der Waals surface area (Å²) in [6.07, 6.45) is 8.79. The predicted molar refractivity (Wildman–Crippen MR) is 119 cm³/mol. The van der Waals surface area contributed by atoms with Crippen molar-refractivity contribution in [1.82, 2.24) is 9.47 Å². The number of fused-ring (bicyclic) bond motifs is 1. The van der Waals surface area contributed by atoms with Gasteiger partial charge in [0.05, 0.1) is 28.3 Å². The highest BCUT2D eigenvalue weighted by molar-refractivity contribution is 9.10. The summed E-state index contributed by atoms with van der Waals surface area (Å²) in [5.41, 5.74) is 0.958. The third-order valence-corrected chi connectivity index (χ3v) is 7.13. The summed E-state index contributed by atoms with van der Waals surface area (Å²) >= 11 is 6.22. The molecule has 2 heterocycles. The number of rotatable bonds is 5. The largest absolute Gasteiger partial charge is 0.339 e. The van der Waals surface area contributed by atoms with Crippen LogP contribution in [0.1, 0.15) is 26.2 Å². The van der Waals surface area contributed by atoms with E-state index in [4.69, 9.17) is 6.42 Å². The molecule has 1 atom stereocenters. The lowest BCUT2D eigenvalue weighted by Gasteiger charge is -2.33. The van der Waals surface area contributed by atoms with Crippen LogP contribution in [0.15, 0.2) is 27.7 Å². The van der Waals surface area contributed by atoms with Gasteiger partial charge in [0.2, 0.25) is 5.91 Å². The highest BCUT2D eigenvalue weighted by Crippen LogP contribution is 2.22. The van der Waals surface area contributed by atoms with E-state index >= 15 is 0 Å². The molecule has 1 aromatic heterocycles. The number of carbonyl (C=O) groups is 2. The van der Waals surface area contributed by atoms with Gasteiger partial charge in [0, 0.05) is 17.1 Å². The van der Waals surface area contributed by atoms with Crippen molar-refractivity contribution in [3.8, 4) is 12.3 Å². The molecule has 8 heteroatoms. The molecule has 2 aromatic rings. The molecule has 0 N–H and O–H groups in total. The number of aromatic nitrogens is 1. The third kappa shape index (κ3) is 5.07. The van der Waals surface area contributed by atoms with E-state index in [1.54, 1.807) is 0 Å². The second-order valence-corrected chi connectivity index (χ2v) is 9.63. The fraction of sp³-hybridized carbons (Fsp3) is 0.450. The first-order valence-electron chi connectivity index (χ1n) is 9.16. The van der Waals surface area contributed by atoms with Crippen molar-refractivity contribution < 1.29 is 9.59 Å². The topological polar surface area (TPSA) is 54.7 Å². The van der Waals surface area contributed by atoms with Crippen LogP contribution in [0.3, 0.4) is 0 Å². The Morgan fingerprint density at radius 1 is 1.39 bits per heavy atom. The molecule has 1 aromatic carbocycles. The number of carbonyl (C=O) groups excluding carboxylic acids is 2. The van der Waals surface area contributed by atoms with Crippen LogP contribution in [0, 0.1) is 12.3 Å². The molecule has 28 heavy (non-hydrogen) atoms. The number of hydrogen-bond donors (Lipinski definition) is 0. The van der Waals surface area contributed by atoms with Crippen LogP contribution in [0.2, 0.25) is 0 Å². The van der Waals surface area contributed by atoms with Gasteiger partial charge in [-0.25, -0.2) is 0 Å². The minimum absolute atomic E-state index is 0.110. The molecule has 3 rings (SSSR count). The number of halogens is 1. The number of piperidine rings is 1. The van der Waals surface area contributed by atoms with Gasteiger partial charge in [-0.1, -0.05) is 33.2 Å². The van der Waals surface area contributed by atoms with Crippen molar-refractivity contribution in [2.45, 2.75) is 38.8 Å². The molecule has 5 nitrogen and oxygen atoms in total. The molecule has 148 valence electrons. The average molecular weight is 480 g/mol. The zero-order valence-corrected chi connectivity index (χ0v) is 18.9.